The number of hydrogen-bond donors (Lipinski definition) is 0. The molecule has 0 fully saturated rings. The third-order valence-electron chi connectivity index (χ3n) is 3.98. The van der Waals surface area contributed by atoms with Crippen molar-refractivity contribution in [2.45, 2.75) is 19.6 Å². The van der Waals surface area contributed by atoms with Crippen LogP contribution in [0.3, 0.4) is 0 Å². The number of hydrogen-bond acceptors (Lipinski definition) is 3. The summed E-state index contributed by atoms with van der Waals surface area (Å²) in [6, 6.07) is 9.82. The molecule has 5 nitrogen and oxygen atoms in total. The number of amides is 1. The average Bonchev–Trinajstić information content (AvgIpc) is 3.20. The van der Waals surface area contributed by atoms with E-state index in [9.17, 15) is 18.0 Å². The van der Waals surface area contributed by atoms with Crippen molar-refractivity contribution in [3.05, 3.63) is 69.8 Å². The van der Waals surface area contributed by atoms with E-state index < -0.39 is 23.3 Å². The maximum absolute atomic E-state index is 13.8. The molecule has 142 valence electrons. The van der Waals surface area contributed by atoms with Gasteiger partial charge >= 0.3 is 6.18 Å². The molecule has 2 heterocycles. The zero-order valence-electron chi connectivity index (χ0n) is 14.4. The zero-order chi connectivity index (χ0) is 19.8. The molecule has 0 aliphatic carbocycles. The van der Waals surface area contributed by atoms with Crippen LogP contribution in [0, 0.1) is 6.92 Å². The fourth-order valence-electron chi connectivity index (χ4n) is 2.71. The summed E-state index contributed by atoms with van der Waals surface area (Å²) in [5, 5.41) is 3.85. The Hall–Kier alpha value is -2.55. The number of furan rings is 1. The molecule has 0 saturated heterocycles. The van der Waals surface area contributed by atoms with E-state index in [4.69, 9.17) is 4.42 Å². The first-order valence-electron chi connectivity index (χ1n) is 7.89. The first kappa shape index (κ1) is 19.2. The van der Waals surface area contributed by atoms with Crippen LogP contribution in [0.15, 0.2) is 51.7 Å². The number of alkyl halides is 3. The highest BCUT2D eigenvalue weighted by Gasteiger charge is 2.41. The van der Waals surface area contributed by atoms with Crippen LogP contribution in [0.1, 0.15) is 27.4 Å². The quantitative estimate of drug-likeness (QED) is 0.582. The van der Waals surface area contributed by atoms with Crippen molar-refractivity contribution >= 4 is 21.8 Å². The third kappa shape index (κ3) is 3.92. The molecule has 0 spiro atoms. The Morgan fingerprint density at radius 3 is 2.56 bits per heavy atom. The molecule has 0 saturated carbocycles. The Morgan fingerprint density at radius 1 is 1.26 bits per heavy atom. The molecule has 1 aromatic carbocycles. The van der Waals surface area contributed by atoms with Gasteiger partial charge in [0.05, 0.1) is 24.0 Å². The van der Waals surface area contributed by atoms with Gasteiger partial charge in [-0.1, -0.05) is 18.2 Å². The predicted molar refractivity (Wildman–Crippen MR) is 95.5 cm³/mol. The fourth-order valence-corrected chi connectivity index (χ4v) is 3.05. The van der Waals surface area contributed by atoms with E-state index in [0.29, 0.717) is 16.0 Å². The van der Waals surface area contributed by atoms with Crippen LogP contribution >= 0.6 is 15.9 Å². The highest BCUT2D eigenvalue weighted by molar-refractivity contribution is 9.10. The molecule has 0 N–H and O–H groups in total. The van der Waals surface area contributed by atoms with E-state index in [0.717, 1.165) is 15.8 Å². The van der Waals surface area contributed by atoms with Gasteiger partial charge in [0.2, 0.25) is 0 Å². The molecule has 3 aromatic rings. The molecule has 3 rings (SSSR count). The Bertz CT molecular complexity index is 978. The standard InChI is InChI=1S/C18H15BrF3N3O2/c1-11-5-3-4-6-14(11)25-16(18(20,21)22)13(9-23-25)17(26)24(2)10-12-7-8-15(19)27-12/h3-9H,10H2,1-2H3. The van der Waals surface area contributed by atoms with Gasteiger partial charge in [0.25, 0.3) is 5.91 Å². The van der Waals surface area contributed by atoms with Crippen molar-refractivity contribution < 1.29 is 22.4 Å². The monoisotopic (exact) mass is 441 g/mol. The SMILES string of the molecule is Cc1ccccc1-n1ncc(C(=O)N(C)Cc2ccc(Br)o2)c1C(F)(F)F. The van der Waals surface area contributed by atoms with Crippen molar-refractivity contribution in [3.8, 4) is 5.69 Å². The number of carbonyl (C=O) groups excluding carboxylic acids is 1. The number of nitrogens with zero attached hydrogens (tertiary/aromatic N) is 3. The van der Waals surface area contributed by atoms with E-state index in [2.05, 4.69) is 21.0 Å². The van der Waals surface area contributed by atoms with Gasteiger partial charge in [-0.25, -0.2) is 4.68 Å². The zero-order valence-corrected chi connectivity index (χ0v) is 16.0. The largest absolute Gasteiger partial charge is 0.452 e. The van der Waals surface area contributed by atoms with Gasteiger partial charge in [0, 0.05) is 7.05 Å². The first-order valence-corrected chi connectivity index (χ1v) is 8.68. The summed E-state index contributed by atoms with van der Waals surface area (Å²) in [6.07, 6.45) is -3.80. The summed E-state index contributed by atoms with van der Waals surface area (Å²) in [5.41, 5.74) is -0.742. The van der Waals surface area contributed by atoms with Crippen molar-refractivity contribution in [2.24, 2.45) is 0 Å². The number of rotatable bonds is 4. The van der Waals surface area contributed by atoms with E-state index in [1.807, 2.05) is 0 Å². The molecule has 0 aliphatic rings. The van der Waals surface area contributed by atoms with Gasteiger partial charge in [0.1, 0.15) is 5.76 Å². The predicted octanol–water partition coefficient (Wildman–Crippen LogP) is 4.83. The van der Waals surface area contributed by atoms with Crippen LogP contribution in [-0.2, 0) is 12.7 Å². The number of aromatic nitrogens is 2. The lowest BCUT2D eigenvalue weighted by atomic mass is 10.1. The minimum Gasteiger partial charge on any atom is -0.452 e. The van der Waals surface area contributed by atoms with Crippen LogP contribution in [0.4, 0.5) is 13.2 Å². The molecule has 0 atom stereocenters. The van der Waals surface area contributed by atoms with Gasteiger partial charge in [-0.15, -0.1) is 0 Å². The Kier molecular flexibility index (Phi) is 5.14. The normalized spacial score (nSPS) is 11.6. The van der Waals surface area contributed by atoms with E-state index in [-0.39, 0.29) is 12.2 Å². The topological polar surface area (TPSA) is 51.3 Å². The van der Waals surface area contributed by atoms with Gasteiger partial charge in [-0.2, -0.15) is 18.3 Å². The van der Waals surface area contributed by atoms with Gasteiger partial charge in [-0.05, 0) is 46.6 Å². The van der Waals surface area contributed by atoms with Crippen molar-refractivity contribution in [1.82, 2.24) is 14.7 Å². The lowest BCUT2D eigenvalue weighted by Crippen LogP contribution is -2.28. The van der Waals surface area contributed by atoms with Gasteiger partial charge < -0.3 is 9.32 Å². The highest BCUT2D eigenvalue weighted by Crippen LogP contribution is 2.34. The highest BCUT2D eigenvalue weighted by atomic mass is 79.9. The summed E-state index contributed by atoms with van der Waals surface area (Å²) >= 11 is 3.15. The van der Waals surface area contributed by atoms with Crippen LogP contribution in [-0.4, -0.2) is 27.6 Å². The summed E-state index contributed by atoms with van der Waals surface area (Å²) in [6.45, 7) is 1.71. The smallest absolute Gasteiger partial charge is 0.434 e. The molecule has 9 heteroatoms. The molecule has 0 radical (unpaired) electrons. The number of benzene rings is 1. The Labute approximate surface area is 161 Å². The molecule has 0 bridgehead atoms. The number of para-hydroxylation sites is 1. The number of carbonyl (C=O) groups is 1. The second-order valence-corrected chi connectivity index (χ2v) is 6.75. The summed E-state index contributed by atoms with van der Waals surface area (Å²) in [4.78, 5) is 13.8. The number of aryl methyl sites for hydroxylation is 1. The summed E-state index contributed by atoms with van der Waals surface area (Å²) < 4.78 is 47.8. The Morgan fingerprint density at radius 2 is 1.96 bits per heavy atom. The third-order valence-corrected chi connectivity index (χ3v) is 4.41. The molecular weight excluding hydrogens is 427 g/mol. The lowest BCUT2D eigenvalue weighted by Gasteiger charge is -2.18. The van der Waals surface area contributed by atoms with E-state index >= 15 is 0 Å². The van der Waals surface area contributed by atoms with Crippen molar-refractivity contribution in [3.63, 3.8) is 0 Å². The summed E-state index contributed by atoms with van der Waals surface area (Å²) in [7, 11) is 1.41. The fraction of sp³-hybridized carbons (Fsp3) is 0.222. The van der Waals surface area contributed by atoms with Gasteiger partial charge in [-0.3, -0.25) is 4.79 Å². The molecule has 2 aromatic heterocycles. The minimum atomic E-state index is -4.75. The summed E-state index contributed by atoms with van der Waals surface area (Å²) in [5.74, 6) is -0.354. The van der Waals surface area contributed by atoms with Crippen LogP contribution in [0.25, 0.3) is 5.69 Å². The first-order chi connectivity index (χ1) is 12.7. The Balaban J connectivity index is 2.00. The lowest BCUT2D eigenvalue weighted by molar-refractivity contribution is -0.143. The molecular formula is C18H15BrF3N3O2. The van der Waals surface area contributed by atoms with E-state index in [1.165, 1.54) is 13.1 Å². The van der Waals surface area contributed by atoms with Crippen LogP contribution < -0.4 is 0 Å². The second kappa shape index (κ2) is 7.22. The molecule has 0 aliphatic heterocycles. The average molecular weight is 442 g/mol. The van der Waals surface area contributed by atoms with Crippen LogP contribution in [0.5, 0.6) is 0 Å². The van der Waals surface area contributed by atoms with Crippen molar-refractivity contribution in [1.29, 1.82) is 0 Å². The molecule has 0 unspecified atom stereocenters. The second-order valence-electron chi connectivity index (χ2n) is 5.97. The maximum Gasteiger partial charge on any atom is 0.434 e. The number of halogens is 4. The van der Waals surface area contributed by atoms with Crippen LogP contribution in [0.2, 0.25) is 0 Å². The molecule has 27 heavy (non-hydrogen) atoms. The maximum atomic E-state index is 13.8. The van der Waals surface area contributed by atoms with Crippen molar-refractivity contribution in [2.75, 3.05) is 7.05 Å². The van der Waals surface area contributed by atoms with Gasteiger partial charge in [0.15, 0.2) is 10.4 Å². The molecule has 1 amide bonds. The van der Waals surface area contributed by atoms with E-state index in [1.54, 1.807) is 37.3 Å². The minimum absolute atomic E-state index is 0.0251.